The highest BCUT2D eigenvalue weighted by molar-refractivity contribution is 5.21. The van der Waals surface area contributed by atoms with E-state index in [0.29, 0.717) is 11.4 Å². The molecule has 0 aliphatic rings. The fourth-order valence-corrected chi connectivity index (χ4v) is 0.802. The molecule has 1 aromatic heterocycles. The van der Waals surface area contributed by atoms with Gasteiger partial charge in [0.25, 0.3) is 0 Å². The summed E-state index contributed by atoms with van der Waals surface area (Å²) in [6.45, 7) is -0.267. The van der Waals surface area contributed by atoms with Crippen LogP contribution in [0.25, 0.3) is 0 Å². The summed E-state index contributed by atoms with van der Waals surface area (Å²) in [5, 5.41) is 10.1. The summed E-state index contributed by atoms with van der Waals surface area (Å²) in [6.07, 6.45) is 1.48. The topological polar surface area (TPSA) is 65.3 Å². The maximum absolute atomic E-state index is 10.1. The van der Waals surface area contributed by atoms with Crippen LogP contribution >= 0.6 is 0 Å². The summed E-state index contributed by atoms with van der Waals surface area (Å²) in [7, 11) is 1.51. The molecule has 0 spiro atoms. The number of hydrogen-bond donors (Lipinski definition) is 0. The van der Waals surface area contributed by atoms with E-state index in [0.717, 1.165) is 0 Å². The predicted molar refractivity (Wildman–Crippen MR) is 41.5 cm³/mol. The predicted octanol–water partition coefficient (Wildman–Crippen LogP) is 0.867. The zero-order valence-corrected chi connectivity index (χ0v) is 6.56. The van der Waals surface area contributed by atoms with Gasteiger partial charge in [0.15, 0.2) is 0 Å². The Kier molecular flexibility index (Phi) is 2.57. The zero-order valence-electron chi connectivity index (χ0n) is 6.56. The number of rotatable bonds is 3. The van der Waals surface area contributed by atoms with Crippen molar-refractivity contribution in [3.63, 3.8) is 0 Å². The molecule has 0 fully saturated rings. The molecule has 1 aromatic rings. The molecule has 0 radical (unpaired) electrons. The summed E-state index contributed by atoms with van der Waals surface area (Å²) in [6, 6.07) is 3.19. The maximum Gasteiger partial charge on any atom is 0.245 e. The van der Waals surface area contributed by atoms with E-state index in [-0.39, 0.29) is 6.54 Å². The molecule has 1 rings (SSSR count). The van der Waals surface area contributed by atoms with Gasteiger partial charge in [-0.1, -0.05) is 0 Å². The first-order chi connectivity index (χ1) is 5.72. The molecule has 1 heterocycles. The van der Waals surface area contributed by atoms with Gasteiger partial charge >= 0.3 is 0 Å². The first kappa shape index (κ1) is 8.45. The molecule has 0 unspecified atom stereocenters. The Morgan fingerprint density at radius 3 is 3.08 bits per heavy atom. The van der Waals surface area contributed by atoms with Crippen molar-refractivity contribution >= 4 is 0 Å². The van der Waals surface area contributed by atoms with E-state index >= 15 is 0 Å². The minimum atomic E-state index is -0.429. The molecule has 0 saturated heterocycles. The van der Waals surface area contributed by atoms with E-state index in [9.17, 15) is 10.1 Å². The number of nitrogens with zero attached hydrogens (tertiary/aromatic N) is 2. The van der Waals surface area contributed by atoms with Crippen LogP contribution < -0.4 is 4.74 Å². The Hall–Kier alpha value is -1.65. The van der Waals surface area contributed by atoms with Gasteiger partial charge in [-0.3, -0.25) is 15.1 Å². The van der Waals surface area contributed by atoms with Gasteiger partial charge in [0, 0.05) is 17.2 Å². The lowest BCUT2D eigenvalue weighted by Gasteiger charge is -1.98. The van der Waals surface area contributed by atoms with Crippen molar-refractivity contribution in [1.29, 1.82) is 0 Å². The lowest BCUT2D eigenvalue weighted by molar-refractivity contribution is -0.497. The Morgan fingerprint density at radius 1 is 1.75 bits per heavy atom. The van der Waals surface area contributed by atoms with Gasteiger partial charge in [-0.25, -0.2) is 0 Å². The second-order valence-corrected chi connectivity index (χ2v) is 2.18. The molecule has 0 aliphatic carbocycles. The number of nitro groups is 1. The quantitative estimate of drug-likeness (QED) is 0.496. The molecule has 0 saturated carbocycles. The summed E-state index contributed by atoms with van der Waals surface area (Å²) in [5.74, 6) is 0.585. The highest BCUT2D eigenvalue weighted by atomic mass is 16.6. The third-order valence-corrected chi connectivity index (χ3v) is 1.31. The average molecular weight is 168 g/mol. The van der Waals surface area contributed by atoms with Gasteiger partial charge in [0.05, 0.1) is 7.11 Å². The van der Waals surface area contributed by atoms with Crippen LogP contribution in [0.1, 0.15) is 5.69 Å². The largest absolute Gasteiger partial charge is 0.497 e. The molecule has 64 valence electrons. The zero-order chi connectivity index (χ0) is 8.97. The number of aromatic nitrogens is 1. The van der Waals surface area contributed by atoms with Crippen LogP contribution in [0.3, 0.4) is 0 Å². The molecule has 0 aliphatic heterocycles. The Bertz CT molecular complexity index is 288. The van der Waals surface area contributed by atoms with Gasteiger partial charge in [0.2, 0.25) is 6.54 Å². The van der Waals surface area contributed by atoms with Crippen molar-refractivity contribution < 1.29 is 9.66 Å². The van der Waals surface area contributed by atoms with Gasteiger partial charge in [0.1, 0.15) is 11.4 Å². The van der Waals surface area contributed by atoms with Crippen LogP contribution in [0, 0.1) is 10.1 Å². The third kappa shape index (κ3) is 2.19. The van der Waals surface area contributed by atoms with Crippen LogP contribution in [0.4, 0.5) is 0 Å². The van der Waals surface area contributed by atoms with E-state index in [1.54, 1.807) is 12.1 Å². The molecule has 0 bridgehead atoms. The standard InChI is InChI=1S/C7H8N2O3/c1-12-7-2-3-8-6(4-7)5-9(10)11/h2-4H,5H2,1H3. The molecule has 0 N–H and O–H groups in total. The fraction of sp³-hybridized carbons (Fsp3) is 0.286. The van der Waals surface area contributed by atoms with Crippen molar-refractivity contribution in [1.82, 2.24) is 4.98 Å². The number of ether oxygens (including phenoxy) is 1. The first-order valence-corrected chi connectivity index (χ1v) is 3.33. The molecular weight excluding hydrogens is 160 g/mol. The third-order valence-electron chi connectivity index (χ3n) is 1.31. The SMILES string of the molecule is COc1ccnc(C[N+](=O)[O-])c1. The average Bonchev–Trinajstić information content (AvgIpc) is 2.03. The van der Waals surface area contributed by atoms with E-state index in [1.807, 2.05) is 0 Å². The van der Waals surface area contributed by atoms with Crippen molar-refractivity contribution in [3.05, 3.63) is 34.1 Å². The molecule has 12 heavy (non-hydrogen) atoms. The summed E-state index contributed by atoms with van der Waals surface area (Å²) in [5.41, 5.74) is 0.402. The molecular formula is C7H8N2O3. The fourth-order valence-electron chi connectivity index (χ4n) is 0.802. The number of hydrogen-bond acceptors (Lipinski definition) is 4. The first-order valence-electron chi connectivity index (χ1n) is 3.33. The van der Waals surface area contributed by atoms with Gasteiger partial charge < -0.3 is 4.74 Å². The molecule has 0 amide bonds. The monoisotopic (exact) mass is 168 g/mol. The molecule has 0 atom stereocenters. The van der Waals surface area contributed by atoms with Crippen LogP contribution in [-0.4, -0.2) is 17.0 Å². The maximum atomic E-state index is 10.1. The van der Waals surface area contributed by atoms with Crippen LogP contribution in [-0.2, 0) is 6.54 Å². The smallest absolute Gasteiger partial charge is 0.245 e. The summed E-state index contributed by atoms with van der Waals surface area (Å²) in [4.78, 5) is 13.5. The van der Waals surface area contributed by atoms with Crippen molar-refractivity contribution in [2.24, 2.45) is 0 Å². The summed E-state index contributed by atoms with van der Waals surface area (Å²) >= 11 is 0. The van der Waals surface area contributed by atoms with Gasteiger partial charge in [-0.05, 0) is 6.07 Å². The second-order valence-electron chi connectivity index (χ2n) is 2.18. The lowest BCUT2D eigenvalue weighted by atomic mass is 10.3. The highest BCUT2D eigenvalue weighted by Gasteiger charge is 2.03. The number of methoxy groups -OCH3 is 1. The van der Waals surface area contributed by atoms with Gasteiger partial charge in [-0.2, -0.15) is 0 Å². The van der Waals surface area contributed by atoms with Crippen molar-refractivity contribution in [3.8, 4) is 5.75 Å². The summed E-state index contributed by atoms with van der Waals surface area (Å²) < 4.78 is 4.87. The van der Waals surface area contributed by atoms with Gasteiger partial charge in [-0.15, -0.1) is 0 Å². The van der Waals surface area contributed by atoms with Crippen LogP contribution in [0.15, 0.2) is 18.3 Å². The van der Waals surface area contributed by atoms with Crippen LogP contribution in [0.5, 0.6) is 5.75 Å². The molecule has 0 aromatic carbocycles. The minimum Gasteiger partial charge on any atom is -0.497 e. The minimum absolute atomic E-state index is 0.267. The van der Waals surface area contributed by atoms with E-state index in [1.165, 1.54) is 13.3 Å². The normalized spacial score (nSPS) is 9.42. The lowest BCUT2D eigenvalue weighted by Crippen LogP contribution is -2.00. The Morgan fingerprint density at radius 2 is 2.50 bits per heavy atom. The van der Waals surface area contributed by atoms with E-state index in [2.05, 4.69) is 4.98 Å². The van der Waals surface area contributed by atoms with Crippen molar-refractivity contribution in [2.45, 2.75) is 6.54 Å². The van der Waals surface area contributed by atoms with E-state index < -0.39 is 4.92 Å². The van der Waals surface area contributed by atoms with Crippen molar-refractivity contribution in [2.75, 3.05) is 7.11 Å². The van der Waals surface area contributed by atoms with Crippen LogP contribution in [0.2, 0.25) is 0 Å². The van der Waals surface area contributed by atoms with E-state index in [4.69, 9.17) is 4.74 Å². The molecule has 5 nitrogen and oxygen atoms in total. The Balaban J connectivity index is 2.79. The molecule has 5 heteroatoms. The highest BCUT2D eigenvalue weighted by Crippen LogP contribution is 2.09. The Labute approximate surface area is 69.1 Å². The number of pyridine rings is 1. The second kappa shape index (κ2) is 3.66.